The summed E-state index contributed by atoms with van der Waals surface area (Å²) in [5.74, 6) is 0. The van der Waals surface area contributed by atoms with Gasteiger partial charge in [0.2, 0.25) is 0 Å². The lowest BCUT2D eigenvalue weighted by molar-refractivity contribution is 0.371. The average Bonchev–Trinajstić information content (AvgIpc) is 2.48. The molecule has 0 aromatic rings. The number of allylic oxidation sites excluding steroid dienone is 2. The number of hydrogen-bond donors (Lipinski definition) is 0. The van der Waals surface area contributed by atoms with Gasteiger partial charge in [0.1, 0.15) is 0 Å². The first-order valence-corrected chi connectivity index (χ1v) is 3.61. The van der Waals surface area contributed by atoms with Gasteiger partial charge in [-0.1, -0.05) is 12.2 Å². The largest absolute Gasteiger partial charge is 0.370 e. The lowest BCUT2D eigenvalue weighted by atomic mass is 10.2. The number of hydrogen-bond acceptors (Lipinski definition) is 1. The van der Waals surface area contributed by atoms with E-state index in [1.807, 2.05) is 0 Å². The Labute approximate surface area is 56.7 Å². The fraction of sp³-hybridized carbons (Fsp3) is 0.750. The Morgan fingerprint density at radius 1 is 1.56 bits per heavy atom. The van der Waals surface area contributed by atoms with Crippen molar-refractivity contribution >= 4 is 0 Å². The van der Waals surface area contributed by atoms with Gasteiger partial charge in [0, 0.05) is 0 Å². The molecule has 0 saturated carbocycles. The van der Waals surface area contributed by atoms with Crippen LogP contribution in [-0.2, 0) is 4.74 Å². The monoisotopic (exact) mass is 126 g/mol. The third-order valence-electron chi connectivity index (χ3n) is 1.69. The van der Waals surface area contributed by atoms with E-state index in [4.69, 9.17) is 4.74 Å². The van der Waals surface area contributed by atoms with Gasteiger partial charge in [-0.3, -0.25) is 0 Å². The Balaban J connectivity index is 1.94. The van der Waals surface area contributed by atoms with Crippen molar-refractivity contribution in [2.45, 2.75) is 38.9 Å². The van der Waals surface area contributed by atoms with Crippen molar-refractivity contribution in [2.24, 2.45) is 0 Å². The molecule has 0 aliphatic carbocycles. The van der Waals surface area contributed by atoms with Crippen LogP contribution in [0, 0.1) is 0 Å². The quantitative estimate of drug-likeness (QED) is 0.417. The van der Waals surface area contributed by atoms with E-state index in [0.717, 1.165) is 0 Å². The SMILES string of the molecule is C/C=C/CCC1OC1C. The smallest absolute Gasteiger partial charge is 0.0842 e. The van der Waals surface area contributed by atoms with E-state index >= 15 is 0 Å². The molecule has 1 aliphatic heterocycles. The molecule has 0 amide bonds. The first-order chi connectivity index (χ1) is 4.34. The maximum atomic E-state index is 5.23. The molecule has 0 aromatic carbocycles. The van der Waals surface area contributed by atoms with Gasteiger partial charge in [-0.05, 0) is 26.7 Å². The van der Waals surface area contributed by atoms with E-state index in [0.29, 0.717) is 12.2 Å². The van der Waals surface area contributed by atoms with Crippen LogP contribution in [0.2, 0.25) is 0 Å². The minimum atomic E-state index is 0.537. The number of rotatable bonds is 3. The van der Waals surface area contributed by atoms with Crippen LogP contribution >= 0.6 is 0 Å². The van der Waals surface area contributed by atoms with Crippen LogP contribution in [0.4, 0.5) is 0 Å². The summed E-state index contributed by atoms with van der Waals surface area (Å²) in [7, 11) is 0. The normalized spacial score (nSPS) is 33.6. The molecule has 1 rings (SSSR count). The minimum absolute atomic E-state index is 0.537. The molecule has 2 atom stereocenters. The number of epoxide rings is 1. The summed E-state index contributed by atoms with van der Waals surface area (Å²) in [4.78, 5) is 0. The summed E-state index contributed by atoms with van der Waals surface area (Å²) in [5, 5.41) is 0. The van der Waals surface area contributed by atoms with Gasteiger partial charge in [0.25, 0.3) is 0 Å². The Morgan fingerprint density at radius 2 is 2.22 bits per heavy atom. The molecule has 0 aromatic heterocycles. The third kappa shape index (κ3) is 2.19. The highest BCUT2D eigenvalue weighted by Crippen LogP contribution is 2.25. The first-order valence-electron chi connectivity index (χ1n) is 3.61. The topological polar surface area (TPSA) is 12.5 Å². The number of ether oxygens (including phenoxy) is 1. The molecular weight excluding hydrogens is 112 g/mol. The fourth-order valence-electron chi connectivity index (χ4n) is 0.960. The molecule has 0 radical (unpaired) electrons. The summed E-state index contributed by atoms with van der Waals surface area (Å²) in [6.45, 7) is 4.18. The predicted molar refractivity (Wildman–Crippen MR) is 38.4 cm³/mol. The Hall–Kier alpha value is -0.300. The molecule has 0 N–H and O–H groups in total. The average molecular weight is 126 g/mol. The zero-order chi connectivity index (χ0) is 6.69. The van der Waals surface area contributed by atoms with Crippen molar-refractivity contribution in [2.75, 3.05) is 0 Å². The standard InChI is InChI=1S/C8H14O/c1-3-4-5-6-8-7(2)9-8/h3-4,7-8H,5-6H2,1-2H3/b4-3+. The Morgan fingerprint density at radius 3 is 2.67 bits per heavy atom. The van der Waals surface area contributed by atoms with Crippen LogP contribution in [0.3, 0.4) is 0 Å². The van der Waals surface area contributed by atoms with Crippen LogP contribution in [0.15, 0.2) is 12.2 Å². The fourth-order valence-corrected chi connectivity index (χ4v) is 0.960. The molecule has 1 saturated heterocycles. The van der Waals surface area contributed by atoms with Crippen molar-refractivity contribution in [3.8, 4) is 0 Å². The van der Waals surface area contributed by atoms with E-state index in [1.54, 1.807) is 0 Å². The van der Waals surface area contributed by atoms with Crippen LogP contribution < -0.4 is 0 Å². The van der Waals surface area contributed by atoms with E-state index in [9.17, 15) is 0 Å². The highest BCUT2D eigenvalue weighted by Gasteiger charge is 2.32. The molecule has 52 valence electrons. The molecule has 9 heavy (non-hydrogen) atoms. The van der Waals surface area contributed by atoms with Gasteiger partial charge in [-0.15, -0.1) is 0 Å². The van der Waals surface area contributed by atoms with Crippen LogP contribution in [-0.4, -0.2) is 12.2 Å². The second-order valence-electron chi connectivity index (χ2n) is 2.53. The Kier molecular flexibility index (Phi) is 2.29. The van der Waals surface area contributed by atoms with Crippen molar-refractivity contribution in [1.82, 2.24) is 0 Å². The van der Waals surface area contributed by atoms with Crippen molar-refractivity contribution in [3.05, 3.63) is 12.2 Å². The lowest BCUT2D eigenvalue weighted by Gasteiger charge is -1.85. The summed E-state index contributed by atoms with van der Waals surface area (Å²) in [6, 6.07) is 0. The van der Waals surface area contributed by atoms with Gasteiger partial charge in [0.15, 0.2) is 0 Å². The molecule has 1 fully saturated rings. The van der Waals surface area contributed by atoms with Gasteiger partial charge in [-0.25, -0.2) is 0 Å². The Bertz CT molecular complexity index is 107. The highest BCUT2D eigenvalue weighted by molar-refractivity contribution is 4.85. The van der Waals surface area contributed by atoms with Crippen molar-refractivity contribution in [1.29, 1.82) is 0 Å². The van der Waals surface area contributed by atoms with Crippen molar-refractivity contribution in [3.63, 3.8) is 0 Å². The minimum Gasteiger partial charge on any atom is -0.370 e. The second-order valence-corrected chi connectivity index (χ2v) is 2.53. The zero-order valence-corrected chi connectivity index (χ0v) is 6.13. The van der Waals surface area contributed by atoms with Crippen LogP contribution in [0.5, 0.6) is 0 Å². The molecule has 0 bridgehead atoms. The van der Waals surface area contributed by atoms with Crippen LogP contribution in [0.25, 0.3) is 0 Å². The highest BCUT2D eigenvalue weighted by atomic mass is 16.6. The summed E-state index contributed by atoms with van der Waals surface area (Å²) in [5.41, 5.74) is 0. The van der Waals surface area contributed by atoms with Gasteiger partial charge < -0.3 is 4.74 Å². The van der Waals surface area contributed by atoms with Gasteiger partial charge >= 0.3 is 0 Å². The van der Waals surface area contributed by atoms with Gasteiger partial charge in [-0.2, -0.15) is 0 Å². The van der Waals surface area contributed by atoms with E-state index in [2.05, 4.69) is 26.0 Å². The molecule has 1 heteroatoms. The second kappa shape index (κ2) is 3.02. The summed E-state index contributed by atoms with van der Waals surface area (Å²) >= 11 is 0. The maximum Gasteiger partial charge on any atom is 0.0842 e. The first kappa shape index (κ1) is 6.81. The summed E-state index contributed by atoms with van der Waals surface area (Å²) < 4.78 is 5.23. The van der Waals surface area contributed by atoms with Crippen molar-refractivity contribution < 1.29 is 4.74 Å². The lowest BCUT2D eigenvalue weighted by Crippen LogP contribution is -1.86. The van der Waals surface area contributed by atoms with E-state index < -0.39 is 0 Å². The summed E-state index contributed by atoms with van der Waals surface area (Å²) in [6.07, 6.45) is 7.76. The molecule has 2 unspecified atom stereocenters. The third-order valence-corrected chi connectivity index (χ3v) is 1.69. The molecule has 1 aliphatic rings. The van der Waals surface area contributed by atoms with E-state index in [1.165, 1.54) is 12.8 Å². The molecular formula is C8H14O. The predicted octanol–water partition coefficient (Wildman–Crippen LogP) is 2.13. The molecule has 0 spiro atoms. The molecule has 1 heterocycles. The zero-order valence-electron chi connectivity index (χ0n) is 6.13. The van der Waals surface area contributed by atoms with E-state index in [-0.39, 0.29) is 0 Å². The maximum absolute atomic E-state index is 5.23. The van der Waals surface area contributed by atoms with Gasteiger partial charge in [0.05, 0.1) is 12.2 Å². The van der Waals surface area contributed by atoms with Crippen LogP contribution in [0.1, 0.15) is 26.7 Å². The molecule has 1 nitrogen and oxygen atoms in total.